The molecule has 23 heavy (non-hydrogen) atoms. The van der Waals surface area contributed by atoms with Gasteiger partial charge in [-0.1, -0.05) is 35.3 Å². The number of nitrogens with one attached hydrogen (secondary N) is 1. The van der Waals surface area contributed by atoms with Crippen LogP contribution in [0.2, 0.25) is 10.0 Å². The second kappa shape index (κ2) is 6.91. The van der Waals surface area contributed by atoms with Crippen LogP contribution in [0.15, 0.2) is 47.4 Å². The van der Waals surface area contributed by atoms with Gasteiger partial charge in [-0.3, -0.25) is 4.79 Å². The highest BCUT2D eigenvalue weighted by atomic mass is 35.5. The first-order chi connectivity index (χ1) is 11.0. The van der Waals surface area contributed by atoms with Gasteiger partial charge in [0.25, 0.3) is 17.0 Å². The SMILES string of the molecule is O=C(NCCC1Sc2ccccc2[N+]1=O)c1cc(Cl)cc(Cl)c1. The third-order valence-corrected chi connectivity index (χ3v) is 5.16. The lowest BCUT2D eigenvalue weighted by molar-refractivity contribution is -0.476. The van der Waals surface area contributed by atoms with Crippen molar-refractivity contribution in [2.24, 2.45) is 0 Å². The summed E-state index contributed by atoms with van der Waals surface area (Å²) in [5.74, 6) is -0.257. The summed E-state index contributed by atoms with van der Waals surface area (Å²) in [5, 5.41) is 3.39. The molecule has 0 saturated heterocycles. The number of hydrogen-bond donors (Lipinski definition) is 1. The van der Waals surface area contributed by atoms with Gasteiger partial charge in [0.05, 0.1) is 9.66 Å². The first kappa shape index (κ1) is 16.3. The maximum atomic E-state index is 12.2. The molecule has 118 valence electrons. The van der Waals surface area contributed by atoms with Crippen LogP contribution in [0, 0.1) is 4.91 Å². The highest BCUT2D eigenvalue weighted by molar-refractivity contribution is 8.00. The molecule has 1 aliphatic heterocycles. The van der Waals surface area contributed by atoms with E-state index in [1.54, 1.807) is 18.2 Å². The Kier molecular flexibility index (Phi) is 4.90. The second-order valence-corrected chi connectivity index (χ2v) is 7.16. The number of carbonyl (C=O) groups excluding carboxylic acids is 1. The molecule has 1 aliphatic rings. The Hall–Kier alpha value is -1.56. The van der Waals surface area contributed by atoms with Crippen LogP contribution in [0.1, 0.15) is 16.8 Å². The largest absolute Gasteiger partial charge is 0.352 e. The summed E-state index contributed by atoms with van der Waals surface area (Å²) in [6.45, 7) is 0.396. The number of benzene rings is 2. The highest BCUT2D eigenvalue weighted by Crippen LogP contribution is 2.42. The summed E-state index contributed by atoms with van der Waals surface area (Å²) in [4.78, 5) is 25.2. The summed E-state index contributed by atoms with van der Waals surface area (Å²) in [6.07, 6.45) is 0.545. The molecule has 0 bridgehead atoms. The van der Waals surface area contributed by atoms with E-state index in [0.717, 1.165) is 9.66 Å². The number of nitrogens with zero attached hydrogens (tertiary/aromatic N) is 1. The molecule has 1 unspecified atom stereocenters. The van der Waals surface area contributed by atoms with Gasteiger partial charge in [0.2, 0.25) is 0 Å². The Balaban J connectivity index is 1.56. The lowest BCUT2D eigenvalue weighted by Crippen LogP contribution is -2.27. The molecule has 3 rings (SSSR count). The molecule has 0 aliphatic carbocycles. The molecule has 0 spiro atoms. The predicted octanol–water partition coefficient (Wildman–Crippen LogP) is 4.66. The zero-order valence-electron chi connectivity index (χ0n) is 12.0. The van der Waals surface area contributed by atoms with Gasteiger partial charge < -0.3 is 5.32 Å². The molecule has 0 radical (unpaired) electrons. The number of para-hydroxylation sites is 1. The second-order valence-electron chi connectivity index (χ2n) is 5.07. The van der Waals surface area contributed by atoms with E-state index >= 15 is 0 Å². The molecule has 0 fully saturated rings. The monoisotopic (exact) mass is 367 g/mol. The number of rotatable bonds is 4. The lowest BCUT2D eigenvalue weighted by atomic mass is 10.2. The minimum atomic E-state index is -0.257. The summed E-state index contributed by atoms with van der Waals surface area (Å²) in [6, 6.07) is 12.2. The normalized spacial score (nSPS) is 16.3. The van der Waals surface area contributed by atoms with E-state index in [9.17, 15) is 9.70 Å². The predicted molar refractivity (Wildman–Crippen MR) is 92.8 cm³/mol. The van der Waals surface area contributed by atoms with Crippen molar-refractivity contribution in [1.29, 1.82) is 0 Å². The van der Waals surface area contributed by atoms with Gasteiger partial charge in [-0.05, 0) is 36.0 Å². The van der Waals surface area contributed by atoms with Crippen LogP contribution in [0.3, 0.4) is 0 Å². The van der Waals surface area contributed by atoms with Crippen molar-refractivity contribution >= 4 is 46.6 Å². The van der Waals surface area contributed by atoms with E-state index in [-0.39, 0.29) is 11.3 Å². The Morgan fingerprint density at radius 1 is 1.17 bits per heavy atom. The van der Waals surface area contributed by atoms with Crippen LogP contribution in [0.4, 0.5) is 5.69 Å². The van der Waals surface area contributed by atoms with Crippen LogP contribution in [0.25, 0.3) is 0 Å². The van der Waals surface area contributed by atoms with Gasteiger partial charge in [-0.25, -0.2) is 0 Å². The molecule has 2 aromatic rings. The standard InChI is InChI=1S/C16H12Cl2N2O2S/c17-11-7-10(8-12(18)9-11)16(21)19-6-5-15-20(22)13-3-1-2-4-14(13)23-15/h1-4,7-9,15H,5-6H2/p+1. The summed E-state index contributed by atoms with van der Waals surface area (Å²) < 4.78 is 1.00. The average Bonchev–Trinajstić information content (AvgIpc) is 2.83. The van der Waals surface area contributed by atoms with Crippen LogP contribution in [-0.2, 0) is 0 Å². The number of nitroso groups, excluding NO2 is 1. The van der Waals surface area contributed by atoms with Crippen molar-refractivity contribution in [2.75, 3.05) is 6.54 Å². The van der Waals surface area contributed by atoms with Gasteiger partial charge in [0.1, 0.15) is 0 Å². The summed E-state index contributed by atoms with van der Waals surface area (Å²) in [7, 11) is 0. The molecule has 1 N–H and O–H groups in total. The number of amides is 1. The van der Waals surface area contributed by atoms with E-state index in [1.807, 2.05) is 24.3 Å². The fourth-order valence-electron chi connectivity index (χ4n) is 2.36. The van der Waals surface area contributed by atoms with Crippen molar-refractivity contribution in [3.8, 4) is 0 Å². The number of fused-ring (bicyclic) bond motifs is 1. The fraction of sp³-hybridized carbons (Fsp3) is 0.188. The molecular formula is C16H13Cl2N2O2S+. The third kappa shape index (κ3) is 3.68. The van der Waals surface area contributed by atoms with E-state index in [2.05, 4.69) is 5.32 Å². The number of hydrogen-bond acceptors (Lipinski definition) is 3. The van der Waals surface area contributed by atoms with E-state index in [4.69, 9.17) is 23.2 Å². The quantitative estimate of drug-likeness (QED) is 0.799. The Bertz CT molecular complexity index is 762. The van der Waals surface area contributed by atoms with Gasteiger partial charge in [-0.15, -0.1) is 0 Å². The van der Waals surface area contributed by atoms with Crippen molar-refractivity contribution in [3.63, 3.8) is 0 Å². The van der Waals surface area contributed by atoms with Crippen molar-refractivity contribution in [2.45, 2.75) is 16.7 Å². The summed E-state index contributed by atoms with van der Waals surface area (Å²) >= 11 is 13.3. The molecule has 4 nitrogen and oxygen atoms in total. The minimum Gasteiger partial charge on any atom is -0.352 e. The van der Waals surface area contributed by atoms with Crippen molar-refractivity contribution < 1.29 is 9.55 Å². The number of thioether (sulfide) groups is 1. The van der Waals surface area contributed by atoms with Crippen molar-refractivity contribution in [1.82, 2.24) is 5.32 Å². The maximum absolute atomic E-state index is 12.2. The Labute approximate surface area is 147 Å². The highest BCUT2D eigenvalue weighted by Gasteiger charge is 2.38. The lowest BCUT2D eigenvalue weighted by Gasteiger charge is -2.06. The zero-order valence-corrected chi connectivity index (χ0v) is 14.3. The van der Waals surface area contributed by atoms with Gasteiger partial charge >= 0.3 is 0 Å². The van der Waals surface area contributed by atoms with Gasteiger partial charge in [0.15, 0.2) is 0 Å². The first-order valence-corrected chi connectivity index (χ1v) is 8.64. The van der Waals surface area contributed by atoms with Crippen LogP contribution in [-0.4, -0.2) is 22.6 Å². The molecule has 1 amide bonds. The zero-order chi connectivity index (χ0) is 16.4. The van der Waals surface area contributed by atoms with Crippen molar-refractivity contribution in [3.05, 3.63) is 63.0 Å². The maximum Gasteiger partial charge on any atom is 0.271 e. The molecule has 0 aromatic heterocycles. The van der Waals surface area contributed by atoms with Crippen LogP contribution in [0.5, 0.6) is 0 Å². The summed E-state index contributed by atoms with van der Waals surface area (Å²) in [5.41, 5.74) is 1.10. The number of carbonyl (C=O) groups is 1. The Morgan fingerprint density at radius 2 is 1.87 bits per heavy atom. The van der Waals surface area contributed by atoms with Crippen LogP contribution < -0.4 is 5.32 Å². The van der Waals surface area contributed by atoms with E-state index in [0.29, 0.717) is 34.3 Å². The third-order valence-electron chi connectivity index (χ3n) is 3.43. The smallest absolute Gasteiger partial charge is 0.271 e. The van der Waals surface area contributed by atoms with E-state index < -0.39 is 0 Å². The first-order valence-electron chi connectivity index (χ1n) is 7.01. The molecule has 7 heteroatoms. The Morgan fingerprint density at radius 3 is 2.57 bits per heavy atom. The topological polar surface area (TPSA) is 49.2 Å². The molecular weight excluding hydrogens is 355 g/mol. The van der Waals surface area contributed by atoms with E-state index in [1.165, 1.54) is 11.8 Å². The average molecular weight is 368 g/mol. The molecule has 1 heterocycles. The molecule has 0 saturated carbocycles. The molecule has 2 aromatic carbocycles. The van der Waals surface area contributed by atoms with Gasteiger partial charge in [0, 0.05) is 39.5 Å². The fourth-order valence-corrected chi connectivity index (χ4v) is 4.06. The van der Waals surface area contributed by atoms with Gasteiger partial charge in [-0.2, -0.15) is 0 Å². The van der Waals surface area contributed by atoms with Crippen LogP contribution >= 0.6 is 35.0 Å². The minimum absolute atomic E-state index is 0.226. The number of halogens is 2. The molecule has 1 atom stereocenters.